The molecule has 2 aromatic rings. The Morgan fingerprint density at radius 2 is 1.04 bits per heavy atom. The van der Waals surface area contributed by atoms with Crippen LogP contribution in [-0.2, 0) is 9.47 Å². The van der Waals surface area contributed by atoms with Crippen molar-refractivity contribution in [2.45, 2.75) is 23.4 Å². The largest absolute Gasteiger partial charge is 0.373 e. The van der Waals surface area contributed by atoms with Crippen LogP contribution in [0.3, 0.4) is 0 Å². The third kappa shape index (κ3) is 3.73. The van der Waals surface area contributed by atoms with E-state index < -0.39 is 23.4 Å². The van der Waals surface area contributed by atoms with Crippen LogP contribution in [0, 0.1) is 23.7 Å². The number of methoxy groups -OCH3 is 2. The average molecular weight is 374 g/mol. The molecule has 0 fully saturated rings. The Kier molecular flexibility index (Phi) is 5.99. The molecule has 4 unspecified atom stereocenters. The van der Waals surface area contributed by atoms with Crippen LogP contribution in [0.25, 0.3) is 0 Å². The van der Waals surface area contributed by atoms with E-state index in [2.05, 4.69) is 23.7 Å². The van der Waals surface area contributed by atoms with Crippen LogP contribution in [0.4, 0.5) is 0 Å². The van der Waals surface area contributed by atoms with E-state index in [-0.39, 0.29) is 0 Å². The molecule has 0 saturated heterocycles. The Balaban J connectivity index is 2.12. The highest BCUT2D eigenvalue weighted by molar-refractivity contribution is 5.47. The van der Waals surface area contributed by atoms with Crippen LogP contribution in [0.2, 0.25) is 0 Å². The second-order valence-corrected chi connectivity index (χ2v) is 6.46. The van der Waals surface area contributed by atoms with Gasteiger partial charge < -0.3 is 19.7 Å². The summed E-state index contributed by atoms with van der Waals surface area (Å²) < 4.78 is 10.8. The monoisotopic (exact) mass is 374 g/mol. The minimum absolute atomic E-state index is 0.702. The molecule has 0 spiro atoms. The molecule has 4 nitrogen and oxygen atoms in total. The van der Waals surface area contributed by atoms with Gasteiger partial charge in [0.15, 0.2) is 11.2 Å². The fourth-order valence-corrected chi connectivity index (χ4v) is 3.12. The molecule has 28 heavy (non-hydrogen) atoms. The van der Waals surface area contributed by atoms with Crippen LogP contribution in [0.1, 0.15) is 11.1 Å². The SMILES string of the molecule is COC1C=CC(OC)C(O)(C#Cc2ccccc2)C1(O)C#Cc1ccccc1. The van der Waals surface area contributed by atoms with Gasteiger partial charge in [-0.1, -0.05) is 72.2 Å². The van der Waals surface area contributed by atoms with Gasteiger partial charge in [0.05, 0.1) is 0 Å². The molecule has 0 radical (unpaired) electrons. The first kappa shape index (κ1) is 19.9. The maximum absolute atomic E-state index is 11.5. The predicted molar refractivity (Wildman–Crippen MR) is 107 cm³/mol. The smallest absolute Gasteiger partial charge is 0.198 e. The van der Waals surface area contributed by atoms with Gasteiger partial charge in [-0.25, -0.2) is 0 Å². The molecule has 0 heterocycles. The van der Waals surface area contributed by atoms with Crippen LogP contribution < -0.4 is 0 Å². The van der Waals surface area contributed by atoms with Crippen molar-refractivity contribution in [3.05, 3.63) is 83.9 Å². The van der Waals surface area contributed by atoms with Gasteiger partial charge in [-0.2, -0.15) is 0 Å². The molecule has 4 heteroatoms. The third-order valence-electron chi connectivity index (χ3n) is 4.72. The van der Waals surface area contributed by atoms with Crippen molar-refractivity contribution < 1.29 is 19.7 Å². The van der Waals surface area contributed by atoms with Crippen molar-refractivity contribution in [3.8, 4) is 23.7 Å². The van der Waals surface area contributed by atoms with Crippen LogP contribution >= 0.6 is 0 Å². The molecule has 2 N–H and O–H groups in total. The minimum Gasteiger partial charge on any atom is -0.373 e. The first-order chi connectivity index (χ1) is 13.5. The number of benzene rings is 2. The molecule has 3 rings (SSSR count). The normalized spacial score (nSPS) is 28.6. The van der Waals surface area contributed by atoms with E-state index in [1.807, 2.05) is 60.7 Å². The second kappa shape index (κ2) is 8.44. The molecule has 1 aliphatic rings. The molecule has 2 aromatic carbocycles. The number of ether oxygens (including phenoxy) is 2. The molecule has 0 bridgehead atoms. The lowest BCUT2D eigenvalue weighted by Crippen LogP contribution is -2.67. The maximum Gasteiger partial charge on any atom is 0.198 e. The summed E-state index contributed by atoms with van der Waals surface area (Å²) >= 11 is 0. The van der Waals surface area contributed by atoms with Crippen molar-refractivity contribution in [3.63, 3.8) is 0 Å². The van der Waals surface area contributed by atoms with Gasteiger partial charge in [-0.15, -0.1) is 0 Å². The van der Waals surface area contributed by atoms with E-state index in [0.29, 0.717) is 11.1 Å². The third-order valence-corrected chi connectivity index (χ3v) is 4.72. The number of hydrogen-bond acceptors (Lipinski definition) is 4. The summed E-state index contributed by atoms with van der Waals surface area (Å²) in [5.41, 5.74) is -2.61. The van der Waals surface area contributed by atoms with E-state index in [0.717, 1.165) is 0 Å². The molecule has 142 valence electrons. The van der Waals surface area contributed by atoms with Gasteiger partial charge in [0, 0.05) is 25.3 Å². The van der Waals surface area contributed by atoms with E-state index >= 15 is 0 Å². The Morgan fingerprint density at radius 3 is 1.36 bits per heavy atom. The summed E-state index contributed by atoms with van der Waals surface area (Å²) in [5.74, 6) is 11.4. The van der Waals surface area contributed by atoms with Crippen molar-refractivity contribution in [2.75, 3.05) is 14.2 Å². The summed E-state index contributed by atoms with van der Waals surface area (Å²) in [6.45, 7) is 0. The van der Waals surface area contributed by atoms with Gasteiger partial charge in [0.2, 0.25) is 0 Å². The van der Waals surface area contributed by atoms with Crippen LogP contribution in [-0.4, -0.2) is 47.8 Å². The topological polar surface area (TPSA) is 58.9 Å². The van der Waals surface area contributed by atoms with E-state index in [1.165, 1.54) is 14.2 Å². The lowest BCUT2D eigenvalue weighted by molar-refractivity contribution is -0.181. The van der Waals surface area contributed by atoms with Gasteiger partial charge in [-0.3, -0.25) is 0 Å². The average Bonchev–Trinajstić information content (AvgIpc) is 2.74. The quantitative estimate of drug-likeness (QED) is 0.625. The number of aliphatic hydroxyl groups is 2. The maximum atomic E-state index is 11.5. The second-order valence-electron chi connectivity index (χ2n) is 6.46. The fraction of sp³-hybridized carbons (Fsp3) is 0.250. The highest BCUT2D eigenvalue weighted by atomic mass is 16.5. The van der Waals surface area contributed by atoms with Crippen molar-refractivity contribution in [1.29, 1.82) is 0 Å². The van der Waals surface area contributed by atoms with Gasteiger partial charge in [-0.05, 0) is 24.3 Å². The highest BCUT2D eigenvalue weighted by Gasteiger charge is 2.59. The van der Waals surface area contributed by atoms with Gasteiger partial charge in [0.25, 0.3) is 0 Å². The molecule has 0 amide bonds. The lowest BCUT2D eigenvalue weighted by Gasteiger charge is -2.45. The zero-order chi connectivity index (χ0) is 20.0. The summed E-state index contributed by atoms with van der Waals surface area (Å²) in [6, 6.07) is 18.4. The minimum atomic E-state index is -2.01. The molecule has 0 saturated carbocycles. The summed E-state index contributed by atoms with van der Waals surface area (Å²) in [6.07, 6.45) is 1.49. The van der Waals surface area contributed by atoms with Crippen molar-refractivity contribution >= 4 is 0 Å². The highest BCUT2D eigenvalue weighted by Crippen LogP contribution is 2.36. The van der Waals surface area contributed by atoms with E-state index in [4.69, 9.17) is 9.47 Å². The van der Waals surface area contributed by atoms with Crippen LogP contribution in [0.5, 0.6) is 0 Å². The summed E-state index contributed by atoms with van der Waals surface area (Å²) in [7, 11) is 2.89. The molecular formula is C24H22O4. The standard InChI is InChI=1S/C24H22O4/c1-27-21-13-14-22(28-2)24(26,18-16-20-11-7-4-8-12-20)23(21,25)17-15-19-9-5-3-6-10-19/h3-14,21-22,25-26H,1-2H3. The Hall–Kier alpha value is -2.86. The molecule has 4 atom stereocenters. The zero-order valence-electron chi connectivity index (χ0n) is 15.8. The van der Waals surface area contributed by atoms with Crippen LogP contribution in [0.15, 0.2) is 72.8 Å². The molecular weight excluding hydrogens is 352 g/mol. The Labute approximate surface area is 165 Å². The summed E-state index contributed by atoms with van der Waals surface area (Å²) in [4.78, 5) is 0. The Bertz CT molecular complexity index is 867. The van der Waals surface area contributed by atoms with Crippen molar-refractivity contribution in [1.82, 2.24) is 0 Å². The van der Waals surface area contributed by atoms with E-state index in [1.54, 1.807) is 12.2 Å². The van der Waals surface area contributed by atoms with E-state index in [9.17, 15) is 10.2 Å². The first-order valence-corrected chi connectivity index (χ1v) is 8.88. The summed E-state index contributed by atoms with van der Waals surface area (Å²) in [5, 5.41) is 23.0. The first-order valence-electron chi connectivity index (χ1n) is 8.88. The Morgan fingerprint density at radius 1 is 0.679 bits per heavy atom. The molecule has 1 aliphatic carbocycles. The fourth-order valence-electron chi connectivity index (χ4n) is 3.12. The number of hydrogen-bond donors (Lipinski definition) is 2. The number of rotatable bonds is 2. The zero-order valence-corrected chi connectivity index (χ0v) is 15.8. The van der Waals surface area contributed by atoms with Gasteiger partial charge >= 0.3 is 0 Å². The lowest BCUT2D eigenvalue weighted by atomic mass is 9.71. The van der Waals surface area contributed by atoms with Crippen molar-refractivity contribution in [2.24, 2.45) is 0 Å². The van der Waals surface area contributed by atoms with Gasteiger partial charge in [0.1, 0.15) is 12.2 Å². The predicted octanol–water partition coefficient (Wildman–Crippen LogP) is 2.15. The molecule has 0 aromatic heterocycles. The molecule has 0 aliphatic heterocycles.